The molecule has 0 aromatic rings. The van der Waals surface area contributed by atoms with Crippen molar-refractivity contribution in [3.8, 4) is 0 Å². The summed E-state index contributed by atoms with van der Waals surface area (Å²) < 4.78 is 29.0. The van der Waals surface area contributed by atoms with Gasteiger partial charge < -0.3 is 15.0 Å². The fourth-order valence-corrected chi connectivity index (χ4v) is 4.50. The second-order valence-electron chi connectivity index (χ2n) is 7.08. The molecular formula is C16H32IN3O3S. The maximum Gasteiger partial charge on any atom is 0.193 e. The molecular weight excluding hydrogens is 441 g/mol. The Balaban J connectivity index is 0.00000288. The molecule has 142 valence electrons. The molecule has 8 heteroatoms. The van der Waals surface area contributed by atoms with Crippen molar-refractivity contribution in [1.82, 2.24) is 10.2 Å². The summed E-state index contributed by atoms with van der Waals surface area (Å²) in [6.07, 6.45) is 3.33. The Kier molecular flexibility index (Phi) is 8.75. The molecule has 0 atom stereocenters. The quantitative estimate of drug-likeness (QED) is 0.384. The Morgan fingerprint density at radius 2 is 2.00 bits per heavy atom. The summed E-state index contributed by atoms with van der Waals surface area (Å²) in [5.74, 6) is 1.75. The van der Waals surface area contributed by atoms with Gasteiger partial charge in [-0.3, -0.25) is 4.99 Å². The lowest BCUT2D eigenvalue weighted by Crippen LogP contribution is -2.57. The van der Waals surface area contributed by atoms with Gasteiger partial charge in [0.05, 0.1) is 10.5 Å². The monoisotopic (exact) mass is 473 g/mol. The number of nitrogens with zero attached hydrogens (tertiary/aromatic N) is 2. The molecule has 0 bridgehead atoms. The van der Waals surface area contributed by atoms with Crippen LogP contribution < -0.4 is 5.32 Å². The summed E-state index contributed by atoms with van der Waals surface area (Å²) in [4.78, 5) is 6.83. The number of rotatable bonds is 4. The predicted molar refractivity (Wildman–Crippen MR) is 109 cm³/mol. The molecule has 2 aliphatic heterocycles. The van der Waals surface area contributed by atoms with E-state index in [0.29, 0.717) is 19.0 Å². The number of aliphatic imine (C=N–C) groups is 1. The largest absolute Gasteiger partial charge is 0.381 e. The molecule has 2 rings (SSSR count). The van der Waals surface area contributed by atoms with E-state index < -0.39 is 14.6 Å². The summed E-state index contributed by atoms with van der Waals surface area (Å²) >= 11 is 0. The molecule has 1 N–H and O–H groups in total. The Morgan fingerprint density at radius 3 is 2.58 bits per heavy atom. The highest BCUT2D eigenvalue weighted by Crippen LogP contribution is 2.24. The Morgan fingerprint density at radius 1 is 1.33 bits per heavy atom. The van der Waals surface area contributed by atoms with E-state index in [1.54, 1.807) is 13.8 Å². The number of hydrogen-bond acceptors (Lipinski definition) is 4. The minimum absolute atomic E-state index is 0. The first-order valence-electron chi connectivity index (χ1n) is 8.69. The SMILES string of the molecule is CCNC(=NCCC1CCOCC1)N1CCS(=O)(=O)C(C)(C)C1.I. The first-order chi connectivity index (χ1) is 10.9. The van der Waals surface area contributed by atoms with Gasteiger partial charge in [0, 0.05) is 39.4 Å². The maximum atomic E-state index is 12.2. The topological polar surface area (TPSA) is 71.0 Å². The zero-order chi connectivity index (χ0) is 16.9. The number of hydrogen-bond donors (Lipinski definition) is 1. The normalized spacial score (nSPS) is 24.3. The van der Waals surface area contributed by atoms with Gasteiger partial charge in [0.25, 0.3) is 0 Å². The van der Waals surface area contributed by atoms with E-state index in [0.717, 1.165) is 51.5 Å². The van der Waals surface area contributed by atoms with E-state index in [4.69, 9.17) is 9.73 Å². The molecule has 2 aliphatic rings. The van der Waals surface area contributed by atoms with Crippen molar-refractivity contribution in [2.45, 2.75) is 44.8 Å². The molecule has 0 spiro atoms. The van der Waals surface area contributed by atoms with Crippen molar-refractivity contribution in [2.24, 2.45) is 10.9 Å². The van der Waals surface area contributed by atoms with Gasteiger partial charge in [0.15, 0.2) is 15.8 Å². The van der Waals surface area contributed by atoms with Crippen LogP contribution in [0.3, 0.4) is 0 Å². The van der Waals surface area contributed by atoms with E-state index in [1.165, 1.54) is 0 Å². The molecule has 0 aliphatic carbocycles. The van der Waals surface area contributed by atoms with Gasteiger partial charge in [-0.1, -0.05) is 0 Å². The highest BCUT2D eigenvalue weighted by molar-refractivity contribution is 14.0. The van der Waals surface area contributed by atoms with Crippen molar-refractivity contribution in [1.29, 1.82) is 0 Å². The van der Waals surface area contributed by atoms with Gasteiger partial charge in [0.2, 0.25) is 0 Å². The second kappa shape index (κ2) is 9.56. The van der Waals surface area contributed by atoms with E-state index in [2.05, 4.69) is 10.2 Å². The summed E-state index contributed by atoms with van der Waals surface area (Å²) in [6, 6.07) is 0. The Bertz CT molecular complexity index is 517. The van der Waals surface area contributed by atoms with Crippen molar-refractivity contribution in [2.75, 3.05) is 45.1 Å². The summed E-state index contributed by atoms with van der Waals surface area (Å²) in [5.41, 5.74) is 0. The lowest BCUT2D eigenvalue weighted by atomic mass is 9.97. The van der Waals surface area contributed by atoms with E-state index in [1.807, 2.05) is 6.92 Å². The molecule has 0 radical (unpaired) electrons. The summed E-state index contributed by atoms with van der Waals surface area (Å²) in [7, 11) is -3.02. The maximum absolute atomic E-state index is 12.2. The second-order valence-corrected chi connectivity index (χ2v) is 9.82. The van der Waals surface area contributed by atoms with Crippen molar-refractivity contribution >= 4 is 39.8 Å². The molecule has 2 fully saturated rings. The van der Waals surface area contributed by atoms with Crippen LogP contribution in [0.4, 0.5) is 0 Å². The van der Waals surface area contributed by atoms with Crippen molar-refractivity contribution < 1.29 is 13.2 Å². The van der Waals surface area contributed by atoms with Gasteiger partial charge in [-0.15, -0.1) is 24.0 Å². The van der Waals surface area contributed by atoms with Crippen LogP contribution >= 0.6 is 24.0 Å². The third-order valence-electron chi connectivity index (χ3n) is 4.82. The third-order valence-corrected chi connectivity index (χ3v) is 7.35. The van der Waals surface area contributed by atoms with Gasteiger partial charge in [-0.25, -0.2) is 8.42 Å². The number of ether oxygens (including phenoxy) is 1. The van der Waals surface area contributed by atoms with E-state index >= 15 is 0 Å². The highest BCUT2D eigenvalue weighted by atomic mass is 127. The van der Waals surface area contributed by atoms with Crippen LogP contribution in [0.25, 0.3) is 0 Å². The van der Waals surface area contributed by atoms with E-state index in [9.17, 15) is 8.42 Å². The number of nitrogens with one attached hydrogen (secondary N) is 1. The molecule has 2 heterocycles. The minimum atomic E-state index is -3.02. The molecule has 0 aromatic carbocycles. The highest BCUT2D eigenvalue weighted by Gasteiger charge is 2.40. The average molecular weight is 473 g/mol. The predicted octanol–water partition coefficient (Wildman–Crippen LogP) is 1.90. The van der Waals surface area contributed by atoms with Crippen molar-refractivity contribution in [3.63, 3.8) is 0 Å². The zero-order valence-electron chi connectivity index (χ0n) is 15.1. The van der Waals surface area contributed by atoms with Gasteiger partial charge in [-0.05, 0) is 46.0 Å². The molecule has 2 saturated heterocycles. The first-order valence-corrected chi connectivity index (χ1v) is 10.3. The summed E-state index contributed by atoms with van der Waals surface area (Å²) in [6.45, 7) is 9.99. The molecule has 6 nitrogen and oxygen atoms in total. The molecule has 0 amide bonds. The molecule has 0 saturated carbocycles. The average Bonchev–Trinajstić information content (AvgIpc) is 2.50. The van der Waals surface area contributed by atoms with Crippen LogP contribution in [0.2, 0.25) is 0 Å². The third kappa shape index (κ3) is 5.72. The standard InChI is InChI=1S/C16H31N3O3S.HI/c1-4-17-15(18-8-5-14-6-10-22-11-7-14)19-9-12-23(20,21)16(2,3)13-19;/h14H,4-13H2,1-3H3,(H,17,18);1H. The number of guanidine groups is 1. The first kappa shape index (κ1) is 22.0. The lowest BCUT2D eigenvalue weighted by molar-refractivity contribution is 0.0646. The van der Waals surface area contributed by atoms with Gasteiger partial charge >= 0.3 is 0 Å². The minimum Gasteiger partial charge on any atom is -0.381 e. The van der Waals surface area contributed by atoms with Crippen LogP contribution in [0.15, 0.2) is 4.99 Å². The van der Waals surface area contributed by atoms with Gasteiger partial charge in [0.1, 0.15) is 0 Å². The van der Waals surface area contributed by atoms with Crippen LogP contribution in [-0.4, -0.2) is 69.2 Å². The lowest BCUT2D eigenvalue weighted by Gasteiger charge is -2.39. The van der Waals surface area contributed by atoms with Crippen LogP contribution in [0.5, 0.6) is 0 Å². The van der Waals surface area contributed by atoms with E-state index in [-0.39, 0.29) is 29.7 Å². The Labute approximate surface area is 163 Å². The molecule has 0 unspecified atom stereocenters. The number of halogens is 1. The fraction of sp³-hybridized carbons (Fsp3) is 0.938. The zero-order valence-corrected chi connectivity index (χ0v) is 18.2. The Hall–Kier alpha value is -0.0900. The van der Waals surface area contributed by atoms with Gasteiger partial charge in [-0.2, -0.15) is 0 Å². The number of sulfone groups is 1. The van der Waals surface area contributed by atoms with Crippen LogP contribution in [0.1, 0.15) is 40.0 Å². The smallest absolute Gasteiger partial charge is 0.193 e. The fourth-order valence-electron chi connectivity index (χ4n) is 3.14. The summed E-state index contributed by atoms with van der Waals surface area (Å²) in [5, 5.41) is 3.31. The van der Waals surface area contributed by atoms with Crippen molar-refractivity contribution in [3.05, 3.63) is 0 Å². The molecule has 0 aromatic heterocycles. The molecule has 24 heavy (non-hydrogen) atoms. The van der Waals surface area contributed by atoms with Crippen LogP contribution in [0, 0.1) is 5.92 Å². The van der Waals surface area contributed by atoms with Crippen LogP contribution in [-0.2, 0) is 14.6 Å².